The van der Waals surface area contributed by atoms with Gasteiger partial charge in [-0.1, -0.05) is 18.2 Å². The molecule has 45 heavy (non-hydrogen) atoms. The molecular weight excluding hydrogens is 602 g/mol. The van der Waals surface area contributed by atoms with E-state index in [2.05, 4.69) is 16.0 Å². The summed E-state index contributed by atoms with van der Waals surface area (Å²) in [7, 11) is 0. The minimum atomic E-state index is -1.41. The van der Waals surface area contributed by atoms with Gasteiger partial charge in [0.15, 0.2) is 10.7 Å². The zero-order valence-electron chi connectivity index (χ0n) is 23.2. The fourth-order valence-electron chi connectivity index (χ4n) is 5.43. The number of fused-ring (bicyclic) bond motifs is 6. The number of aromatic hydroxyl groups is 3. The average Bonchev–Trinajstić information content (AvgIpc) is 3.28. The van der Waals surface area contributed by atoms with Crippen molar-refractivity contribution in [2.24, 2.45) is 0 Å². The van der Waals surface area contributed by atoms with Crippen LogP contribution in [0.3, 0.4) is 0 Å². The molecule has 1 amide bonds. The Morgan fingerprint density at radius 3 is 2.04 bits per heavy atom. The molecule has 7 N–H and O–H groups in total. The summed E-state index contributed by atoms with van der Waals surface area (Å²) in [5.74, 6) is -2.01. The van der Waals surface area contributed by atoms with Crippen LogP contribution in [-0.2, 0) is 26.3 Å². The lowest BCUT2D eigenvalue weighted by molar-refractivity contribution is -0.141. The standard InChI is InChI=1S/C32H25N3O9S/c36-18-4-1-16(2-5-18)11-25(29(40)41)35-28(39)15-33-31(45)34-17-3-8-22-21(12-17)30(42)44-32(22)23-9-6-19(37)13-26(23)43-27-14-20(38)7-10-24(27)32/h1-10,12-14,25,36-38H,11,15H2,(H,35,39)(H,40,41)(H2,33,34,45)/t25-/m0/s1. The summed E-state index contributed by atoms with van der Waals surface area (Å²) in [6, 6.07) is 18.7. The van der Waals surface area contributed by atoms with Gasteiger partial charge in [0.05, 0.1) is 12.1 Å². The van der Waals surface area contributed by atoms with Crippen LogP contribution >= 0.6 is 12.2 Å². The molecular formula is C32H25N3O9S. The Balaban J connectivity index is 1.17. The maximum atomic E-state index is 13.3. The van der Waals surface area contributed by atoms with Crippen molar-refractivity contribution in [1.82, 2.24) is 10.6 Å². The number of carboxylic acid groups (broad SMARTS) is 1. The van der Waals surface area contributed by atoms with Crippen molar-refractivity contribution in [3.05, 3.63) is 107 Å². The monoisotopic (exact) mass is 627 g/mol. The second-order valence-electron chi connectivity index (χ2n) is 10.4. The predicted octanol–water partition coefficient (Wildman–Crippen LogP) is 3.47. The first-order chi connectivity index (χ1) is 21.5. The van der Waals surface area contributed by atoms with Crippen LogP contribution in [0.25, 0.3) is 0 Å². The van der Waals surface area contributed by atoms with E-state index in [0.717, 1.165) is 0 Å². The van der Waals surface area contributed by atoms with E-state index in [0.29, 0.717) is 27.9 Å². The first-order valence-electron chi connectivity index (χ1n) is 13.6. The molecule has 13 heteroatoms. The number of carboxylic acids is 1. The Labute approximate surface area is 260 Å². The lowest BCUT2D eigenvalue weighted by atomic mass is 9.77. The van der Waals surface area contributed by atoms with E-state index in [4.69, 9.17) is 21.7 Å². The number of carbonyl (C=O) groups is 3. The molecule has 0 saturated carbocycles. The number of nitrogens with one attached hydrogen (secondary N) is 3. The molecule has 4 aromatic rings. The molecule has 2 aliphatic rings. The number of phenolic OH excluding ortho intramolecular Hbond substituents is 3. The predicted molar refractivity (Wildman–Crippen MR) is 164 cm³/mol. The molecule has 0 bridgehead atoms. The van der Waals surface area contributed by atoms with Crippen LogP contribution in [0.1, 0.15) is 32.6 Å². The second-order valence-corrected chi connectivity index (χ2v) is 10.8. The molecule has 6 rings (SSSR count). The van der Waals surface area contributed by atoms with Gasteiger partial charge < -0.3 is 45.9 Å². The summed E-state index contributed by atoms with van der Waals surface area (Å²) < 4.78 is 12.0. The molecule has 0 aliphatic carbocycles. The first-order valence-corrected chi connectivity index (χ1v) is 14.0. The van der Waals surface area contributed by atoms with Crippen molar-refractivity contribution in [3.63, 3.8) is 0 Å². The number of anilines is 1. The van der Waals surface area contributed by atoms with Crippen molar-refractivity contribution < 1.29 is 44.3 Å². The third-order valence-electron chi connectivity index (χ3n) is 7.45. The van der Waals surface area contributed by atoms with Crippen LogP contribution in [0, 0.1) is 0 Å². The summed E-state index contributed by atoms with van der Waals surface area (Å²) >= 11 is 5.32. The molecule has 1 spiro atoms. The highest BCUT2D eigenvalue weighted by molar-refractivity contribution is 7.80. The minimum Gasteiger partial charge on any atom is -0.508 e. The van der Waals surface area contributed by atoms with Crippen molar-refractivity contribution in [3.8, 4) is 28.7 Å². The van der Waals surface area contributed by atoms with Crippen molar-refractivity contribution in [2.45, 2.75) is 18.1 Å². The van der Waals surface area contributed by atoms with Gasteiger partial charge in [0.25, 0.3) is 0 Å². The van der Waals surface area contributed by atoms with Crippen LogP contribution < -0.4 is 20.7 Å². The number of amides is 1. The van der Waals surface area contributed by atoms with Gasteiger partial charge in [-0.25, -0.2) is 9.59 Å². The van der Waals surface area contributed by atoms with Gasteiger partial charge in [0, 0.05) is 40.9 Å². The third kappa shape index (κ3) is 5.52. The lowest BCUT2D eigenvalue weighted by Crippen LogP contribution is -2.47. The number of thiocarbonyl (C=S) groups is 1. The van der Waals surface area contributed by atoms with Gasteiger partial charge in [-0.2, -0.15) is 0 Å². The number of carbonyl (C=O) groups excluding carboxylic acids is 2. The largest absolute Gasteiger partial charge is 0.508 e. The van der Waals surface area contributed by atoms with Crippen LogP contribution in [0.5, 0.6) is 28.7 Å². The third-order valence-corrected chi connectivity index (χ3v) is 7.70. The summed E-state index contributed by atoms with van der Waals surface area (Å²) in [5, 5.41) is 47.3. The zero-order valence-corrected chi connectivity index (χ0v) is 24.1. The number of hydrogen-bond acceptors (Lipinski definition) is 9. The fraction of sp³-hybridized carbons (Fsp3) is 0.125. The quantitative estimate of drug-likeness (QED) is 0.117. The van der Waals surface area contributed by atoms with Crippen LogP contribution in [0.4, 0.5) is 5.69 Å². The minimum absolute atomic E-state index is 0.0141. The highest BCUT2D eigenvalue weighted by atomic mass is 32.1. The van der Waals surface area contributed by atoms with Crippen molar-refractivity contribution in [2.75, 3.05) is 11.9 Å². The van der Waals surface area contributed by atoms with Gasteiger partial charge in [-0.05, 0) is 66.3 Å². The summed E-state index contributed by atoms with van der Waals surface area (Å²) in [4.78, 5) is 37.5. The Hall–Kier alpha value is -5.82. The van der Waals surface area contributed by atoms with Crippen molar-refractivity contribution >= 4 is 40.9 Å². The van der Waals surface area contributed by atoms with E-state index < -0.39 is 29.5 Å². The van der Waals surface area contributed by atoms with Gasteiger partial charge in [0.2, 0.25) is 5.91 Å². The number of aliphatic carboxylic acids is 1. The molecule has 0 radical (unpaired) electrons. The van der Waals surface area contributed by atoms with Gasteiger partial charge in [0.1, 0.15) is 34.8 Å². The number of esters is 1. The molecule has 0 fully saturated rings. The Bertz CT molecular complexity index is 1830. The zero-order chi connectivity index (χ0) is 31.9. The molecule has 2 aliphatic heterocycles. The Morgan fingerprint density at radius 2 is 1.42 bits per heavy atom. The van der Waals surface area contributed by atoms with Crippen molar-refractivity contribution in [1.29, 1.82) is 0 Å². The first kappa shape index (κ1) is 29.3. The van der Waals surface area contributed by atoms with Crippen LogP contribution in [0.15, 0.2) is 78.9 Å². The van der Waals surface area contributed by atoms with E-state index in [9.17, 15) is 34.8 Å². The Kier molecular flexibility index (Phi) is 7.38. The van der Waals surface area contributed by atoms with E-state index >= 15 is 0 Å². The van der Waals surface area contributed by atoms with Crippen LogP contribution in [-0.4, -0.2) is 56.0 Å². The molecule has 0 saturated heterocycles. The number of benzene rings is 4. The Morgan fingerprint density at radius 1 is 0.822 bits per heavy atom. The summed E-state index contributed by atoms with van der Waals surface area (Å²) in [5.41, 5.74) is 1.34. The summed E-state index contributed by atoms with van der Waals surface area (Å²) in [6.07, 6.45) is 0.0141. The fourth-order valence-corrected chi connectivity index (χ4v) is 5.62. The smallest absolute Gasteiger partial charge is 0.340 e. The van der Waals surface area contributed by atoms with Gasteiger partial charge in [-0.3, -0.25) is 4.79 Å². The van der Waals surface area contributed by atoms with E-state index in [1.54, 1.807) is 42.5 Å². The molecule has 12 nitrogen and oxygen atoms in total. The highest BCUT2D eigenvalue weighted by Gasteiger charge is 2.53. The molecule has 4 aromatic carbocycles. The molecule has 0 aromatic heterocycles. The number of phenols is 3. The van der Waals surface area contributed by atoms with E-state index in [-0.39, 0.29) is 52.4 Å². The number of ether oxygens (including phenoxy) is 2. The SMILES string of the molecule is O=C(CNC(=S)Nc1ccc2c(c1)C(=O)OC21c2ccc(O)cc2Oc2cc(O)ccc21)N[C@@H](Cc1ccc(O)cc1)C(=O)O. The molecule has 1 atom stereocenters. The highest BCUT2D eigenvalue weighted by Crippen LogP contribution is 2.57. The average molecular weight is 628 g/mol. The maximum absolute atomic E-state index is 13.3. The molecule has 2 heterocycles. The van der Waals surface area contributed by atoms with Gasteiger partial charge >= 0.3 is 11.9 Å². The summed E-state index contributed by atoms with van der Waals surface area (Å²) in [6.45, 7) is -0.325. The van der Waals surface area contributed by atoms with Gasteiger partial charge in [-0.15, -0.1) is 0 Å². The normalized spacial score (nSPS) is 14.2. The van der Waals surface area contributed by atoms with Crippen LogP contribution in [0.2, 0.25) is 0 Å². The molecule has 0 unspecified atom stereocenters. The second kappa shape index (κ2) is 11.4. The topological polar surface area (TPSA) is 187 Å². The lowest BCUT2D eigenvalue weighted by Gasteiger charge is -2.36. The maximum Gasteiger partial charge on any atom is 0.340 e. The molecule has 228 valence electrons. The van der Waals surface area contributed by atoms with E-state index in [1.165, 1.54) is 36.4 Å². The number of hydrogen-bond donors (Lipinski definition) is 7. The number of rotatable bonds is 7. The van der Waals surface area contributed by atoms with E-state index in [1.807, 2.05) is 0 Å².